The molecule has 2 aromatic carbocycles. The normalized spacial score (nSPS) is 11.6. The molecule has 0 saturated heterocycles. The Labute approximate surface area is 161 Å². The molecule has 2 N–H and O–H groups in total. The Kier molecular flexibility index (Phi) is 5.74. The van der Waals surface area contributed by atoms with Crippen LogP contribution < -0.4 is 10.6 Å². The number of carbonyl (C=O) groups is 3. The first kappa shape index (κ1) is 19.2. The standard InChI is InChI=1S/C21H20N2O5/c1-13(19-11-15-6-3-4-9-18(15)28-19)22-20(25)12-27-21(26)16-7-5-8-17(10-16)23-14(2)24/h3-11,13H,12H2,1-2H3,(H,22,25)(H,23,24)/t13-/m1/s1. The van der Waals surface area contributed by atoms with Crippen molar-refractivity contribution in [3.63, 3.8) is 0 Å². The van der Waals surface area contributed by atoms with Crippen molar-refractivity contribution in [3.8, 4) is 0 Å². The summed E-state index contributed by atoms with van der Waals surface area (Å²) < 4.78 is 10.8. The van der Waals surface area contributed by atoms with E-state index < -0.39 is 18.5 Å². The average molecular weight is 380 g/mol. The largest absolute Gasteiger partial charge is 0.459 e. The van der Waals surface area contributed by atoms with Gasteiger partial charge in [-0.15, -0.1) is 0 Å². The molecule has 1 aromatic heterocycles. The number of nitrogens with one attached hydrogen (secondary N) is 2. The first-order valence-electron chi connectivity index (χ1n) is 8.75. The van der Waals surface area contributed by atoms with E-state index in [0.717, 1.165) is 11.0 Å². The molecule has 1 atom stereocenters. The Morgan fingerprint density at radius 3 is 2.61 bits per heavy atom. The third kappa shape index (κ3) is 4.76. The van der Waals surface area contributed by atoms with Gasteiger partial charge in [0.1, 0.15) is 11.3 Å². The summed E-state index contributed by atoms with van der Waals surface area (Å²) in [5.74, 6) is -0.730. The van der Waals surface area contributed by atoms with Crippen LogP contribution in [0.2, 0.25) is 0 Å². The predicted molar refractivity (Wildman–Crippen MR) is 104 cm³/mol. The number of para-hydroxylation sites is 1. The van der Waals surface area contributed by atoms with Crippen molar-refractivity contribution in [3.05, 3.63) is 65.9 Å². The van der Waals surface area contributed by atoms with Crippen molar-refractivity contribution < 1.29 is 23.5 Å². The minimum atomic E-state index is -0.654. The molecular formula is C21H20N2O5. The quantitative estimate of drug-likeness (QED) is 0.639. The van der Waals surface area contributed by atoms with Gasteiger partial charge in [-0.2, -0.15) is 0 Å². The Morgan fingerprint density at radius 1 is 1.07 bits per heavy atom. The molecule has 0 radical (unpaired) electrons. The number of ether oxygens (including phenoxy) is 1. The molecule has 3 rings (SSSR count). The van der Waals surface area contributed by atoms with Crippen molar-refractivity contribution in [2.75, 3.05) is 11.9 Å². The zero-order valence-electron chi connectivity index (χ0n) is 15.5. The fourth-order valence-electron chi connectivity index (χ4n) is 2.71. The number of amides is 2. The number of benzene rings is 2. The molecule has 0 aliphatic heterocycles. The van der Waals surface area contributed by atoms with Gasteiger partial charge in [0.25, 0.3) is 5.91 Å². The van der Waals surface area contributed by atoms with Crippen LogP contribution in [0.4, 0.5) is 5.69 Å². The Hall–Kier alpha value is -3.61. The van der Waals surface area contributed by atoms with Gasteiger partial charge in [0, 0.05) is 18.0 Å². The number of anilines is 1. The molecular weight excluding hydrogens is 360 g/mol. The van der Waals surface area contributed by atoms with Crippen LogP contribution in [0, 0.1) is 0 Å². The summed E-state index contributed by atoms with van der Waals surface area (Å²) in [7, 11) is 0. The van der Waals surface area contributed by atoms with E-state index >= 15 is 0 Å². The zero-order chi connectivity index (χ0) is 20.1. The summed E-state index contributed by atoms with van der Waals surface area (Å²) in [6, 6.07) is 15.3. The molecule has 0 aliphatic rings. The fraction of sp³-hybridized carbons (Fsp3) is 0.190. The molecule has 0 spiro atoms. The lowest BCUT2D eigenvalue weighted by atomic mass is 10.2. The molecule has 7 heteroatoms. The van der Waals surface area contributed by atoms with Gasteiger partial charge < -0.3 is 19.8 Å². The highest BCUT2D eigenvalue weighted by atomic mass is 16.5. The summed E-state index contributed by atoms with van der Waals surface area (Å²) in [5.41, 5.74) is 1.46. The molecule has 0 unspecified atom stereocenters. The maximum atomic E-state index is 12.1. The topological polar surface area (TPSA) is 97.6 Å². The van der Waals surface area contributed by atoms with Gasteiger partial charge in [-0.05, 0) is 37.3 Å². The number of fused-ring (bicyclic) bond motifs is 1. The van der Waals surface area contributed by atoms with Crippen molar-refractivity contribution in [2.45, 2.75) is 19.9 Å². The Balaban J connectivity index is 1.54. The average Bonchev–Trinajstić information content (AvgIpc) is 3.10. The number of furan rings is 1. The highest BCUT2D eigenvalue weighted by Gasteiger charge is 2.16. The molecule has 1 heterocycles. The zero-order valence-corrected chi connectivity index (χ0v) is 15.5. The third-order valence-corrected chi connectivity index (χ3v) is 4.00. The molecule has 0 aliphatic carbocycles. The Morgan fingerprint density at radius 2 is 1.86 bits per heavy atom. The molecule has 0 saturated carbocycles. The summed E-state index contributed by atoms with van der Waals surface area (Å²) in [6.07, 6.45) is 0. The monoisotopic (exact) mass is 380 g/mol. The van der Waals surface area contributed by atoms with Crippen molar-refractivity contribution >= 4 is 34.4 Å². The summed E-state index contributed by atoms with van der Waals surface area (Å²) in [4.78, 5) is 35.3. The van der Waals surface area contributed by atoms with Gasteiger partial charge in [0.05, 0.1) is 11.6 Å². The molecule has 2 amide bonds. The first-order valence-corrected chi connectivity index (χ1v) is 8.75. The highest BCUT2D eigenvalue weighted by Crippen LogP contribution is 2.23. The van der Waals surface area contributed by atoms with Crippen molar-refractivity contribution in [2.24, 2.45) is 0 Å². The third-order valence-electron chi connectivity index (χ3n) is 4.00. The Bertz CT molecular complexity index is 991. The molecule has 0 fully saturated rings. The van der Waals surface area contributed by atoms with Crippen LogP contribution in [-0.4, -0.2) is 24.4 Å². The molecule has 0 bridgehead atoms. The van der Waals surface area contributed by atoms with Crippen LogP contribution in [-0.2, 0) is 14.3 Å². The van der Waals surface area contributed by atoms with Crippen molar-refractivity contribution in [1.29, 1.82) is 0 Å². The first-order chi connectivity index (χ1) is 13.4. The number of esters is 1. The maximum Gasteiger partial charge on any atom is 0.338 e. The second-order valence-corrected chi connectivity index (χ2v) is 6.31. The predicted octanol–water partition coefficient (Wildman–Crippen LogP) is 3.43. The summed E-state index contributed by atoms with van der Waals surface area (Å²) in [5, 5.41) is 6.27. The van der Waals surface area contributed by atoms with E-state index in [1.807, 2.05) is 30.3 Å². The number of rotatable bonds is 6. The minimum Gasteiger partial charge on any atom is -0.459 e. The van der Waals surface area contributed by atoms with Crippen LogP contribution in [0.5, 0.6) is 0 Å². The lowest BCUT2D eigenvalue weighted by Crippen LogP contribution is -2.31. The van der Waals surface area contributed by atoms with E-state index in [9.17, 15) is 14.4 Å². The van der Waals surface area contributed by atoms with Gasteiger partial charge in [0.15, 0.2) is 6.61 Å². The number of hydrogen-bond donors (Lipinski definition) is 2. The van der Waals surface area contributed by atoms with E-state index in [-0.39, 0.29) is 17.5 Å². The van der Waals surface area contributed by atoms with Crippen molar-refractivity contribution in [1.82, 2.24) is 5.32 Å². The second kappa shape index (κ2) is 8.39. The lowest BCUT2D eigenvalue weighted by molar-refractivity contribution is -0.125. The summed E-state index contributed by atoms with van der Waals surface area (Å²) >= 11 is 0. The van der Waals surface area contributed by atoms with Gasteiger partial charge in [0.2, 0.25) is 5.91 Å². The number of carbonyl (C=O) groups excluding carboxylic acids is 3. The van der Waals surface area contributed by atoms with Crippen LogP contribution >= 0.6 is 0 Å². The smallest absolute Gasteiger partial charge is 0.338 e. The van der Waals surface area contributed by atoms with Crippen LogP contribution in [0.15, 0.2) is 59.0 Å². The fourth-order valence-corrected chi connectivity index (χ4v) is 2.71. The van der Waals surface area contributed by atoms with E-state index in [1.54, 1.807) is 25.1 Å². The molecule has 3 aromatic rings. The van der Waals surface area contributed by atoms with E-state index in [4.69, 9.17) is 9.15 Å². The van der Waals surface area contributed by atoms with E-state index in [2.05, 4.69) is 10.6 Å². The number of hydrogen-bond acceptors (Lipinski definition) is 5. The van der Waals surface area contributed by atoms with E-state index in [0.29, 0.717) is 11.4 Å². The summed E-state index contributed by atoms with van der Waals surface area (Å²) in [6.45, 7) is 2.74. The van der Waals surface area contributed by atoms with Crippen LogP contribution in [0.1, 0.15) is 36.0 Å². The second-order valence-electron chi connectivity index (χ2n) is 6.31. The van der Waals surface area contributed by atoms with Crippen LogP contribution in [0.3, 0.4) is 0 Å². The molecule has 28 heavy (non-hydrogen) atoms. The highest BCUT2D eigenvalue weighted by molar-refractivity contribution is 5.94. The van der Waals surface area contributed by atoms with Gasteiger partial charge in [-0.3, -0.25) is 9.59 Å². The maximum absolute atomic E-state index is 12.1. The molecule has 7 nitrogen and oxygen atoms in total. The van der Waals surface area contributed by atoms with Gasteiger partial charge in [-0.1, -0.05) is 24.3 Å². The van der Waals surface area contributed by atoms with Gasteiger partial charge >= 0.3 is 5.97 Å². The van der Waals surface area contributed by atoms with Gasteiger partial charge in [-0.25, -0.2) is 4.79 Å². The minimum absolute atomic E-state index is 0.240. The SMILES string of the molecule is CC(=O)Nc1cccc(C(=O)OCC(=O)N[C@H](C)c2cc3ccccc3o2)c1. The van der Waals surface area contributed by atoms with Crippen LogP contribution in [0.25, 0.3) is 11.0 Å². The lowest BCUT2D eigenvalue weighted by Gasteiger charge is -2.12. The van der Waals surface area contributed by atoms with E-state index in [1.165, 1.54) is 13.0 Å². The molecule has 144 valence electrons.